The van der Waals surface area contributed by atoms with Crippen LogP contribution in [0.25, 0.3) is 5.65 Å². The minimum Gasteiger partial charge on any atom is -0.373 e. The van der Waals surface area contributed by atoms with Crippen LogP contribution in [0.2, 0.25) is 0 Å². The van der Waals surface area contributed by atoms with Gasteiger partial charge in [-0.3, -0.25) is 4.79 Å². The molecule has 3 aromatic rings. The zero-order valence-electron chi connectivity index (χ0n) is 14.0. The molecule has 3 heterocycles. The Bertz CT molecular complexity index is 932. The van der Waals surface area contributed by atoms with E-state index in [9.17, 15) is 4.79 Å². The number of fused-ring (bicyclic) bond motifs is 3. The van der Waals surface area contributed by atoms with Crippen molar-refractivity contribution in [2.24, 2.45) is 0 Å². The predicted molar refractivity (Wildman–Crippen MR) is 97.5 cm³/mol. The van der Waals surface area contributed by atoms with Gasteiger partial charge >= 0.3 is 0 Å². The second-order valence-corrected chi connectivity index (χ2v) is 6.11. The van der Waals surface area contributed by atoms with Crippen molar-refractivity contribution in [3.8, 4) is 0 Å². The first-order valence-corrected chi connectivity index (χ1v) is 8.45. The zero-order chi connectivity index (χ0) is 17.2. The molecule has 0 fully saturated rings. The Kier molecular flexibility index (Phi) is 3.97. The SMILES string of the molecule is CNc1cc2nc3c(cnn13)C(=O)NCCCCc1cccc(c1)N2. The number of benzene rings is 1. The van der Waals surface area contributed by atoms with Crippen LogP contribution in [0.4, 0.5) is 17.3 Å². The Morgan fingerprint density at radius 2 is 2.16 bits per heavy atom. The van der Waals surface area contributed by atoms with Crippen LogP contribution < -0.4 is 16.0 Å². The normalized spacial score (nSPS) is 14.7. The van der Waals surface area contributed by atoms with Crippen LogP contribution in [0.3, 0.4) is 0 Å². The summed E-state index contributed by atoms with van der Waals surface area (Å²) in [5.74, 6) is 1.28. The molecule has 0 saturated heterocycles. The Morgan fingerprint density at radius 1 is 1.24 bits per heavy atom. The number of carbonyl (C=O) groups is 1. The topological polar surface area (TPSA) is 83.3 Å². The molecule has 4 rings (SSSR count). The molecule has 1 aliphatic rings. The van der Waals surface area contributed by atoms with E-state index in [0.29, 0.717) is 23.6 Å². The van der Waals surface area contributed by atoms with Gasteiger partial charge in [-0.1, -0.05) is 12.1 Å². The minimum absolute atomic E-state index is 0.141. The van der Waals surface area contributed by atoms with Gasteiger partial charge in [-0.05, 0) is 37.0 Å². The summed E-state index contributed by atoms with van der Waals surface area (Å²) in [6.07, 6.45) is 4.51. The summed E-state index contributed by atoms with van der Waals surface area (Å²) in [7, 11) is 1.82. The second kappa shape index (κ2) is 6.43. The summed E-state index contributed by atoms with van der Waals surface area (Å²) in [6.45, 7) is 0.646. The van der Waals surface area contributed by atoms with Crippen LogP contribution >= 0.6 is 0 Å². The van der Waals surface area contributed by atoms with Crippen LogP contribution in [0.15, 0.2) is 36.5 Å². The quantitative estimate of drug-likeness (QED) is 0.636. The highest BCUT2D eigenvalue weighted by atomic mass is 16.1. The first-order valence-electron chi connectivity index (χ1n) is 8.45. The average Bonchev–Trinajstić information content (AvgIpc) is 3.04. The number of amides is 1. The van der Waals surface area contributed by atoms with E-state index in [1.807, 2.05) is 25.2 Å². The standard InChI is InChI=1S/C18H20N6O/c1-19-16-10-15-22-13-7-4-6-12(9-13)5-2-3-8-20-18(25)14-11-21-24(16)17(14)23-15/h4,6-7,9-11,19H,2-3,5,8H2,1H3,(H,20,25)(H,22,23). The third-order valence-electron chi connectivity index (χ3n) is 4.35. The molecule has 0 radical (unpaired) electrons. The van der Waals surface area contributed by atoms with E-state index in [-0.39, 0.29) is 5.91 Å². The van der Waals surface area contributed by atoms with Crippen LogP contribution in [-0.2, 0) is 6.42 Å². The maximum atomic E-state index is 12.5. The summed E-state index contributed by atoms with van der Waals surface area (Å²) >= 11 is 0. The number of aryl methyl sites for hydroxylation is 1. The van der Waals surface area contributed by atoms with Crippen molar-refractivity contribution >= 4 is 28.9 Å². The lowest BCUT2D eigenvalue weighted by atomic mass is 10.1. The fraction of sp³-hybridized carbons (Fsp3) is 0.278. The lowest BCUT2D eigenvalue weighted by molar-refractivity contribution is 0.0954. The summed E-state index contributed by atoms with van der Waals surface area (Å²) in [4.78, 5) is 17.1. The fourth-order valence-electron chi connectivity index (χ4n) is 3.07. The van der Waals surface area contributed by atoms with Gasteiger partial charge in [0.25, 0.3) is 5.91 Å². The van der Waals surface area contributed by atoms with Crippen LogP contribution in [0, 0.1) is 0 Å². The van der Waals surface area contributed by atoms with Gasteiger partial charge in [0.2, 0.25) is 0 Å². The molecular weight excluding hydrogens is 316 g/mol. The lowest BCUT2D eigenvalue weighted by Crippen LogP contribution is -2.24. The molecule has 1 aromatic carbocycles. The number of aromatic nitrogens is 3. The van der Waals surface area contributed by atoms with Gasteiger partial charge in [0, 0.05) is 25.3 Å². The molecule has 0 aliphatic carbocycles. The molecule has 0 unspecified atom stereocenters. The monoisotopic (exact) mass is 336 g/mol. The van der Waals surface area contributed by atoms with E-state index in [2.05, 4.69) is 38.2 Å². The molecule has 25 heavy (non-hydrogen) atoms. The van der Waals surface area contributed by atoms with Gasteiger partial charge in [-0.25, -0.2) is 4.98 Å². The maximum absolute atomic E-state index is 12.5. The highest BCUT2D eigenvalue weighted by Crippen LogP contribution is 2.23. The molecule has 1 amide bonds. The summed E-state index contributed by atoms with van der Waals surface area (Å²) in [5, 5.41) is 13.7. The molecule has 0 saturated carbocycles. The Labute approximate surface area is 145 Å². The van der Waals surface area contributed by atoms with Crippen LogP contribution in [0.5, 0.6) is 0 Å². The van der Waals surface area contributed by atoms with Crippen molar-refractivity contribution in [1.82, 2.24) is 19.9 Å². The molecule has 4 bridgehead atoms. The third-order valence-corrected chi connectivity index (χ3v) is 4.35. The van der Waals surface area contributed by atoms with Gasteiger partial charge in [-0.15, -0.1) is 0 Å². The third kappa shape index (κ3) is 3.00. The average molecular weight is 336 g/mol. The number of hydrogen-bond acceptors (Lipinski definition) is 5. The molecule has 0 spiro atoms. The smallest absolute Gasteiger partial charge is 0.256 e. The van der Waals surface area contributed by atoms with E-state index in [1.54, 1.807) is 10.7 Å². The number of hydrogen-bond donors (Lipinski definition) is 3. The van der Waals surface area contributed by atoms with Gasteiger partial charge in [0.05, 0.1) is 6.20 Å². The molecule has 128 valence electrons. The maximum Gasteiger partial charge on any atom is 0.256 e. The van der Waals surface area contributed by atoms with Gasteiger partial charge in [0.15, 0.2) is 5.65 Å². The number of nitrogens with zero attached hydrogens (tertiary/aromatic N) is 3. The van der Waals surface area contributed by atoms with Crippen LogP contribution in [-0.4, -0.2) is 34.1 Å². The van der Waals surface area contributed by atoms with Crippen molar-refractivity contribution in [2.45, 2.75) is 19.3 Å². The number of anilines is 3. The van der Waals surface area contributed by atoms with Crippen molar-refractivity contribution < 1.29 is 4.79 Å². The molecule has 0 atom stereocenters. The van der Waals surface area contributed by atoms with Gasteiger partial charge in [0.1, 0.15) is 17.2 Å². The molecular formula is C18H20N6O. The highest BCUT2D eigenvalue weighted by Gasteiger charge is 2.17. The Hall–Kier alpha value is -3.09. The van der Waals surface area contributed by atoms with Crippen molar-refractivity contribution in [2.75, 3.05) is 24.2 Å². The first-order chi connectivity index (χ1) is 12.2. The summed E-state index contributed by atoms with van der Waals surface area (Å²) in [5.41, 5.74) is 3.26. The van der Waals surface area contributed by atoms with Crippen LogP contribution in [0.1, 0.15) is 28.8 Å². The summed E-state index contributed by atoms with van der Waals surface area (Å²) < 4.78 is 1.64. The van der Waals surface area contributed by atoms with E-state index >= 15 is 0 Å². The number of carbonyl (C=O) groups excluding carboxylic acids is 1. The largest absolute Gasteiger partial charge is 0.373 e. The second-order valence-electron chi connectivity index (χ2n) is 6.11. The summed E-state index contributed by atoms with van der Waals surface area (Å²) in [6, 6.07) is 10.2. The first kappa shape index (κ1) is 15.4. The Morgan fingerprint density at radius 3 is 3.04 bits per heavy atom. The van der Waals surface area contributed by atoms with Crippen molar-refractivity contribution in [1.29, 1.82) is 0 Å². The zero-order valence-corrected chi connectivity index (χ0v) is 14.0. The van der Waals surface area contributed by atoms with Gasteiger partial charge < -0.3 is 16.0 Å². The van der Waals surface area contributed by atoms with Crippen molar-refractivity contribution in [3.05, 3.63) is 47.7 Å². The van der Waals surface area contributed by atoms with Crippen molar-refractivity contribution in [3.63, 3.8) is 0 Å². The van der Waals surface area contributed by atoms with E-state index in [1.165, 1.54) is 5.56 Å². The molecule has 2 aromatic heterocycles. The van der Waals surface area contributed by atoms with E-state index in [4.69, 9.17) is 0 Å². The van der Waals surface area contributed by atoms with Gasteiger partial charge in [-0.2, -0.15) is 9.61 Å². The highest BCUT2D eigenvalue weighted by molar-refractivity contribution is 6.00. The fourth-order valence-corrected chi connectivity index (χ4v) is 3.07. The Balaban J connectivity index is 1.85. The predicted octanol–water partition coefficient (Wildman–Crippen LogP) is 2.58. The molecule has 3 N–H and O–H groups in total. The molecule has 7 heteroatoms. The molecule has 7 nitrogen and oxygen atoms in total. The lowest BCUT2D eigenvalue weighted by Gasteiger charge is -2.12. The number of rotatable bonds is 1. The van der Waals surface area contributed by atoms with E-state index < -0.39 is 0 Å². The van der Waals surface area contributed by atoms with E-state index in [0.717, 1.165) is 30.8 Å². The number of nitrogens with one attached hydrogen (secondary N) is 3. The molecule has 1 aliphatic heterocycles. The minimum atomic E-state index is -0.141.